The van der Waals surface area contributed by atoms with Crippen molar-refractivity contribution in [3.05, 3.63) is 76.6 Å². The smallest absolute Gasteiger partial charge is 0.340 e. The molecule has 4 aromatic rings. The van der Waals surface area contributed by atoms with Gasteiger partial charge in [0, 0.05) is 22.5 Å². The Morgan fingerprint density at radius 2 is 1.72 bits per heavy atom. The van der Waals surface area contributed by atoms with Crippen LogP contribution in [0.1, 0.15) is 17.0 Å². The van der Waals surface area contributed by atoms with Gasteiger partial charge in [-0.25, -0.2) is 4.98 Å². The Morgan fingerprint density at radius 1 is 1.00 bits per heavy atom. The van der Waals surface area contributed by atoms with Crippen LogP contribution >= 0.6 is 11.6 Å². The van der Waals surface area contributed by atoms with E-state index in [1.165, 1.54) is 16.6 Å². The predicted molar refractivity (Wildman–Crippen MR) is 108 cm³/mol. The Kier molecular flexibility index (Phi) is 4.70. The molecule has 0 unspecified atom stereocenters. The van der Waals surface area contributed by atoms with Crippen molar-refractivity contribution in [2.75, 3.05) is 5.32 Å². The summed E-state index contributed by atoms with van der Waals surface area (Å²) >= 11 is 5.91. The van der Waals surface area contributed by atoms with Crippen molar-refractivity contribution < 1.29 is 13.2 Å². The highest BCUT2D eigenvalue weighted by atomic mass is 35.5. The Hall–Kier alpha value is -3.06. The molecule has 4 nitrogen and oxygen atoms in total. The fourth-order valence-electron chi connectivity index (χ4n) is 3.18. The van der Waals surface area contributed by atoms with Gasteiger partial charge in [0.2, 0.25) is 0 Å². The number of benzene rings is 2. The van der Waals surface area contributed by atoms with Crippen molar-refractivity contribution in [3.8, 4) is 11.1 Å². The lowest BCUT2D eigenvalue weighted by atomic mass is 10.1. The number of alkyl halides is 3. The Labute approximate surface area is 170 Å². The highest BCUT2D eigenvalue weighted by molar-refractivity contribution is 6.30. The highest BCUT2D eigenvalue weighted by Crippen LogP contribution is 2.39. The fraction of sp³-hybridized carbons (Fsp3) is 0.143. The molecule has 2 aromatic carbocycles. The zero-order valence-electron chi connectivity index (χ0n) is 15.5. The summed E-state index contributed by atoms with van der Waals surface area (Å²) in [4.78, 5) is 4.36. The molecule has 0 aliphatic heterocycles. The summed E-state index contributed by atoms with van der Waals surface area (Å²) in [6, 6.07) is 15.4. The summed E-state index contributed by atoms with van der Waals surface area (Å²) in [7, 11) is 0. The van der Waals surface area contributed by atoms with E-state index < -0.39 is 11.9 Å². The summed E-state index contributed by atoms with van der Waals surface area (Å²) in [6.45, 7) is 3.67. The van der Waals surface area contributed by atoms with Crippen molar-refractivity contribution in [2.45, 2.75) is 20.0 Å². The zero-order chi connectivity index (χ0) is 20.8. The fourth-order valence-corrected chi connectivity index (χ4v) is 3.31. The number of aromatic nitrogens is 3. The van der Waals surface area contributed by atoms with Gasteiger partial charge in [0.05, 0.1) is 5.56 Å². The molecule has 0 fully saturated rings. The SMILES string of the molecule is Cc1cccc(Nc2cc(C)nc3c(-c4ccc(Cl)cc4)c(C(F)(F)F)nn23)c1. The second kappa shape index (κ2) is 7.08. The van der Waals surface area contributed by atoms with E-state index >= 15 is 0 Å². The number of aryl methyl sites for hydroxylation is 2. The van der Waals surface area contributed by atoms with Gasteiger partial charge in [-0.1, -0.05) is 35.9 Å². The lowest BCUT2D eigenvalue weighted by Crippen LogP contribution is -2.08. The highest BCUT2D eigenvalue weighted by Gasteiger charge is 2.39. The largest absolute Gasteiger partial charge is 0.435 e. The summed E-state index contributed by atoms with van der Waals surface area (Å²) in [5, 5.41) is 7.46. The van der Waals surface area contributed by atoms with Crippen LogP contribution in [0.3, 0.4) is 0 Å². The molecule has 0 spiro atoms. The van der Waals surface area contributed by atoms with Crippen LogP contribution in [0, 0.1) is 13.8 Å². The summed E-state index contributed by atoms with van der Waals surface area (Å²) < 4.78 is 42.6. The number of fused-ring (bicyclic) bond motifs is 1. The molecule has 0 amide bonds. The molecule has 1 N–H and O–H groups in total. The van der Waals surface area contributed by atoms with Gasteiger partial charge in [-0.05, 0) is 49.2 Å². The first-order valence-electron chi connectivity index (χ1n) is 8.79. The minimum Gasteiger partial charge on any atom is -0.340 e. The van der Waals surface area contributed by atoms with E-state index in [9.17, 15) is 13.2 Å². The molecule has 0 aliphatic carbocycles. The van der Waals surface area contributed by atoms with Gasteiger partial charge in [-0.3, -0.25) is 0 Å². The quantitative estimate of drug-likeness (QED) is 0.418. The minimum atomic E-state index is -4.64. The third-order valence-corrected chi connectivity index (χ3v) is 4.66. The van der Waals surface area contributed by atoms with Crippen LogP contribution in [0.15, 0.2) is 54.6 Å². The van der Waals surface area contributed by atoms with Crippen LogP contribution in [0.25, 0.3) is 16.8 Å². The average molecular weight is 417 g/mol. The third kappa shape index (κ3) is 3.78. The molecule has 0 atom stereocenters. The number of nitrogens with one attached hydrogen (secondary N) is 1. The first-order chi connectivity index (χ1) is 13.7. The Morgan fingerprint density at radius 3 is 2.38 bits per heavy atom. The second-order valence-corrected chi connectivity index (χ2v) is 7.18. The zero-order valence-corrected chi connectivity index (χ0v) is 16.3. The maximum absolute atomic E-state index is 13.8. The van der Waals surface area contributed by atoms with Gasteiger partial charge < -0.3 is 5.32 Å². The van der Waals surface area contributed by atoms with Crippen LogP contribution < -0.4 is 5.32 Å². The third-order valence-electron chi connectivity index (χ3n) is 4.41. The van der Waals surface area contributed by atoms with Gasteiger partial charge in [0.25, 0.3) is 0 Å². The van der Waals surface area contributed by atoms with E-state index in [0.29, 0.717) is 22.1 Å². The van der Waals surface area contributed by atoms with E-state index in [2.05, 4.69) is 15.4 Å². The van der Waals surface area contributed by atoms with Gasteiger partial charge >= 0.3 is 6.18 Å². The van der Waals surface area contributed by atoms with Crippen LogP contribution in [-0.4, -0.2) is 14.6 Å². The van der Waals surface area contributed by atoms with E-state index in [1.807, 2.05) is 31.2 Å². The van der Waals surface area contributed by atoms with Crippen LogP contribution in [0.2, 0.25) is 5.02 Å². The minimum absolute atomic E-state index is 0.0786. The van der Waals surface area contributed by atoms with Gasteiger partial charge in [0.15, 0.2) is 11.3 Å². The molecule has 0 saturated heterocycles. The predicted octanol–water partition coefficient (Wildman–Crippen LogP) is 6.43. The van der Waals surface area contributed by atoms with E-state index in [0.717, 1.165) is 11.3 Å². The van der Waals surface area contributed by atoms with Crippen LogP contribution in [-0.2, 0) is 6.18 Å². The normalized spacial score (nSPS) is 11.8. The molecule has 29 heavy (non-hydrogen) atoms. The number of nitrogens with zero attached hydrogens (tertiary/aromatic N) is 3. The monoisotopic (exact) mass is 416 g/mol. The molecular formula is C21H16ClF3N4. The molecule has 0 saturated carbocycles. The Balaban J connectivity index is 1.97. The van der Waals surface area contributed by atoms with E-state index in [4.69, 9.17) is 11.6 Å². The molecule has 0 bridgehead atoms. The van der Waals surface area contributed by atoms with Crippen molar-refractivity contribution in [2.24, 2.45) is 0 Å². The Bertz CT molecular complexity index is 1200. The molecule has 4 rings (SSSR count). The molecule has 2 aromatic heterocycles. The molecular weight excluding hydrogens is 401 g/mol. The summed E-state index contributed by atoms with van der Waals surface area (Å²) in [5.74, 6) is 0.392. The number of hydrogen-bond acceptors (Lipinski definition) is 3. The van der Waals surface area contributed by atoms with Crippen molar-refractivity contribution in [1.82, 2.24) is 14.6 Å². The average Bonchev–Trinajstić information content (AvgIpc) is 3.02. The van der Waals surface area contributed by atoms with E-state index in [1.54, 1.807) is 25.1 Å². The first-order valence-corrected chi connectivity index (χ1v) is 9.17. The molecule has 8 heteroatoms. The molecule has 2 heterocycles. The molecule has 0 aliphatic rings. The molecule has 148 valence electrons. The summed E-state index contributed by atoms with van der Waals surface area (Å²) in [5.41, 5.74) is 1.72. The lowest BCUT2D eigenvalue weighted by Gasteiger charge is -2.10. The van der Waals surface area contributed by atoms with E-state index in [-0.39, 0.29) is 11.2 Å². The topological polar surface area (TPSA) is 42.2 Å². The van der Waals surface area contributed by atoms with Crippen LogP contribution in [0.4, 0.5) is 24.7 Å². The lowest BCUT2D eigenvalue weighted by molar-refractivity contribution is -0.140. The number of halogens is 4. The maximum atomic E-state index is 13.8. The second-order valence-electron chi connectivity index (χ2n) is 6.74. The summed E-state index contributed by atoms with van der Waals surface area (Å²) in [6.07, 6.45) is -4.64. The first kappa shape index (κ1) is 19.3. The van der Waals surface area contributed by atoms with Crippen molar-refractivity contribution in [3.63, 3.8) is 0 Å². The van der Waals surface area contributed by atoms with Gasteiger partial charge in [0.1, 0.15) is 5.82 Å². The standard InChI is InChI=1S/C21H16ClF3N4/c1-12-4-3-5-16(10-12)27-17-11-13(2)26-20-18(14-6-8-15(22)9-7-14)19(21(23,24)25)28-29(17)20/h3-11,27H,1-2H3. The van der Waals surface area contributed by atoms with Gasteiger partial charge in [-0.15, -0.1) is 0 Å². The van der Waals surface area contributed by atoms with Crippen molar-refractivity contribution in [1.29, 1.82) is 0 Å². The van der Waals surface area contributed by atoms with Crippen molar-refractivity contribution >= 4 is 28.8 Å². The number of hydrogen-bond donors (Lipinski definition) is 1. The number of rotatable bonds is 3. The van der Waals surface area contributed by atoms with Crippen LogP contribution in [0.5, 0.6) is 0 Å². The number of anilines is 2. The maximum Gasteiger partial charge on any atom is 0.435 e. The molecule has 0 radical (unpaired) electrons. The van der Waals surface area contributed by atoms with Gasteiger partial charge in [-0.2, -0.15) is 22.8 Å².